The molecule has 3 aliphatic heterocycles. The van der Waals surface area contributed by atoms with Crippen LogP contribution in [-0.2, 0) is 17.6 Å². The van der Waals surface area contributed by atoms with Crippen molar-refractivity contribution in [2.45, 2.75) is 46.6 Å². The van der Waals surface area contributed by atoms with E-state index in [-0.39, 0.29) is 23.6 Å². The highest BCUT2D eigenvalue weighted by atomic mass is 32.1. The molecular formula is C55H59F2N15O2S2. The van der Waals surface area contributed by atoms with Gasteiger partial charge in [0.05, 0.1) is 35.4 Å². The van der Waals surface area contributed by atoms with E-state index in [9.17, 15) is 29.2 Å². The van der Waals surface area contributed by atoms with Gasteiger partial charge in [-0.1, -0.05) is 36.5 Å². The molecule has 0 unspecified atom stereocenters. The molecule has 6 aromatic heterocycles. The summed E-state index contributed by atoms with van der Waals surface area (Å²) in [6.07, 6.45) is 5.38. The number of aliphatic hydroxyl groups excluding tert-OH is 1. The van der Waals surface area contributed by atoms with Crippen molar-refractivity contribution >= 4 is 73.1 Å². The number of aromatic nitrogens is 6. The number of fused-ring (bicyclic) bond motifs is 2. The number of β-amino-alcohol motifs (C(OH)–C–C–N with tert-alkyl or cyclic N) is 1. The van der Waals surface area contributed by atoms with Crippen molar-refractivity contribution in [3.63, 3.8) is 0 Å². The van der Waals surface area contributed by atoms with Crippen molar-refractivity contribution in [3.8, 4) is 34.7 Å². The molecule has 3 aliphatic rings. The highest BCUT2D eigenvalue weighted by Crippen LogP contribution is 2.40. The molecule has 76 heavy (non-hydrogen) atoms. The number of nitrogens with one attached hydrogen (secondary N) is 1. The van der Waals surface area contributed by atoms with E-state index >= 15 is 0 Å². The normalized spacial score (nSPS) is 15.1. The monoisotopic (exact) mass is 1060 g/mol. The van der Waals surface area contributed by atoms with Crippen LogP contribution >= 0.6 is 22.7 Å². The quantitative estimate of drug-likeness (QED) is 0.121. The maximum Gasteiger partial charge on any atom is 0.236 e. The number of anilines is 6. The van der Waals surface area contributed by atoms with E-state index in [0.29, 0.717) is 56.6 Å². The SMILES string of the molecule is CCc1nc2c(C)cc(N3CCN(CC(=O)N4CC(O)C4)CC3)cn2c1N(C)c1nc(-c2ccc(F)cc2)c(C#N)s1.CCc1nc2c(C)cc(N3CCNCC3)cn2c1N(C)c1nc(-c2ccc(F)cc2)c(C#N)s1. The van der Waals surface area contributed by atoms with Gasteiger partial charge in [-0.3, -0.25) is 18.5 Å². The van der Waals surface area contributed by atoms with Crippen LogP contribution in [0.4, 0.5) is 42.1 Å². The van der Waals surface area contributed by atoms with Crippen LogP contribution < -0.4 is 24.9 Å². The minimum Gasteiger partial charge on any atom is -0.389 e. The van der Waals surface area contributed by atoms with Gasteiger partial charge in [-0.15, -0.1) is 0 Å². The van der Waals surface area contributed by atoms with E-state index in [0.717, 1.165) is 122 Å². The number of hydrogen-bond donors (Lipinski definition) is 2. The lowest BCUT2D eigenvalue weighted by Crippen LogP contribution is -2.57. The van der Waals surface area contributed by atoms with Gasteiger partial charge in [0.15, 0.2) is 10.3 Å². The number of rotatable bonds is 12. The van der Waals surface area contributed by atoms with Crippen molar-refractivity contribution in [1.29, 1.82) is 10.5 Å². The molecule has 392 valence electrons. The Labute approximate surface area is 448 Å². The summed E-state index contributed by atoms with van der Waals surface area (Å²) in [5.74, 6) is 1.26. The van der Waals surface area contributed by atoms with Crippen LogP contribution in [0.1, 0.15) is 46.1 Å². The van der Waals surface area contributed by atoms with Gasteiger partial charge < -0.3 is 34.9 Å². The smallest absolute Gasteiger partial charge is 0.236 e. The van der Waals surface area contributed by atoms with Crippen molar-refractivity contribution < 1.29 is 18.7 Å². The number of likely N-dealkylation sites (tertiary alicyclic amines) is 1. The van der Waals surface area contributed by atoms with Gasteiger partial charge in [0, 0.05) is 103 Å². The zero-order valence-electron chi connectivity index (χ0n) is 43.4. The Morgan fingerprint density at radius 3 is 1.54 bits per heavy atom. The number of nitrogens with zero attached hydrogens (tertiary/aromatic N) is 14. The molecular weight excluding hydrogens is 1000 g/mol. The van der Waals surface area contributed by atoms with E-state index < -0.39 is 0 Å². The van der Waals surface area contributed by atoms with E-state index in [1.807, 2.05) is 23.9 Å². The van der Waals surface area contributed by atoms with Crippen LogP contribution in [0.3, 0.4) is 0 Å². The van der Waals surface area contributed by atoms with Gasteiger partial charge in [0.1, 0.15) is 67.8 Å². The van der Waals surface area contributed by atoms with Crippen molar-refractivity contribution in [3.05, 3.63) is 117 Å². The number of aryl methyl sites for hydroxylation is 4. The molecule has 3 saturated heterocycles. The Hall–Kier alpha value is -7.53. The first-order chi connectivity index (χ1) is 36.7. The number of pyridine rings is 2. The number of piperazine rings is 2. The van der Waals surface area contributed by atoms with E-state index in [1.54, 1.807) is 29.2 Å². The molecule has 3 fully saturated rings. The molecule has 0 spiro atoms. The Morgan fingerprint density at radius 1 is 0.697 bits per heavy atom. The summed E-state index contributed by atoms with van der Waals surface area (Å²) < 4.78 is 31.2. The third-order valence-electron chi connectivity index (χ3n) is 14.2. The first-order valence-electron chi connectivity index (χ1n) is 25.5. The van der Waals surface area contributed by atoms with Gasteiger partial charge in [0.2, 0.25) is 5.91 Å². The number of nitriles is 2. The second kappa shape index (κ2) is 22.0. The highest BCUT2D eigenvalue weighted by molar-refractivity contribution is 7.17. The number of amides is 1. The first-order valence-corrected chi connectivity index (χ1v) is 27.1. The average molecular weight is 1060 g/mol. The Bertz CT molecular complexity index is 3500. The molecule has 0 bridgehead atoms. The van der Waals surface area contributed by atoms with Gasteiger partial charge in [-0.2, -0.15) is 10.5 Å². The van der Waals surface area contributed by atoms with Crippen LogP contribution in [0.15, 0.2) is 73.1 Å². The summed E-state index contributed by atoms with van der Waals surface area (Å²) in [7, 11) is 3.90. The van der Waals surface area contributed by atoms with E-state index in [4.69, 9.17) is 19.9 Å². The summed E-state index contributed by atoms with van der Waals surface area (Å²) in [5, 5.41) is 33.8. The maximum atomic E-state index is 13.5. The molecule has 9 heterocycles. The second-order valence-electron chi connectivity index (χ2n) is 19.3. The molecule has 2 N–H and O–H groups in total. The molecule has 17 nitrogen and oxygen atoms in total. The second-order valence-corrected chi connectivity index (χ2v) is 21.2. The molecule has 8 aromatic rings. The number of hydrogen-bond acceptors (Lipinski definition) is 16. The molecule has 21 heteroatoms. The average Bonchev–Trinajstić information content (AvgIpc) is 4.28. The number of halogens is 2. The largest absolute Gasteiger partial charge is 0.389 e. The third kappa shape index (κ3) is 10.3. The van der Waals surface area contributed by atoms with Crippen LogP contribution in [0.25, 0.3) is 33.8 Å². The predicted molar refractivity (Wildman–Crippen MR) is 296 cm³/mol. The van der Waals surface area contributed by atoms with Crippen LogP contribution in [0.5, 0.6) is 0 Å². The summed E-state index contributed by atoms with van der Waals surface area (Å²) in [6.45, 7) is 16.6. The predicted octanol–water partition coefficient (Wildman–Crippen LogP) is 7.95. The zero-order chi connectivity index (χ0) is 53.4. The minimum atomic E-state index is -0.384. The topological polar surface area (TPSA) is 177 Å². The lowest BCUT2D eigenvalue weighted by molar-refractivity contribution is -0.142. The Morgan fingerprint density at radius 2 is 1.13 bits per heavy atom. The minimum absolute atomic E-state index is 0.0773. The van der Waals surface area contributed by atoms with Gasteiger partial charge in [-0.05, 0) is 98.5 Å². The molecule has 1 amide bonds. The molecule has 11 rings (SSSR count). The summed E-state index contributed by atoms with van der Waals surface area (Å²) in [4.78, 5) is 45.6. The zero-order valence-corrected chi connectivity index (χ0v) is 45.0. The van der Waals surface area contributed by atoms with Crippen molar-refractivity contribution in [2.24, 2.45) is 0 Å². The summed E-state index contributed by atoms with van der Waals surface area (Å²) in [5.41, 5.74) is 10.6. The number of imidazole rings is 2. The Kier molecular flexibility index (Phi) is 15.0. The van der Waals surface area contributed by atoms with E-state index in [1.165, 1.54) is 52.6 Å². The summed E-state index contributed by atoms with van der Waals surface area (Å²) >= 11 is 2.63. The third-order valence-corrected chi connectivity index (χ3v) is 16.3. The number of aliphatic hydroxyl groups is 1. The van der Waals surface area contributed by atoms with Crippen LogP contribution in [-0.4, -0.2) is 142 Å². The fraction of sp³-hybridized carbons (Fsp3) is 0.364. The van der Waals surface area contributed by atoms with Crippen LogP contribution in [0.2, 0.25) is 0 Å². The molecule has 0 saturated carbocycles. The molecule has 0 aliphatic carbocycles. The van der Waals surface area contributed by atoms with Crippen molar-refractivity contribution in [2.75, 3.05) is 106 Å². The molecule has 0 radical (unpaired) electrons. The number of carbonyl (C=O) groups is 1. The fourth-order valence-electron chi connectivity index (χ4n) is 10.1. The van der Waals surface area contributed by atoms with Gasteiger partial charge >= 0.3 is 0 Å². The van der Waals surface area contributed by atoms with Gasteiger partial charge in [0.25, 0.3) is 0 Å². The van der Waals surface area contributed by atoms with Crippen molar-refractivity contribution in [1.82, 2.24) is 43.9 Å². The highest BCUT2D eigenvalue weighted by Gasteiger charge is 2.31. The standard InChI is InChI=1S/C30H33FN8O2S.C25H26FN7S/c1-4-24-29(35(3)30-34-27(25(14-32)42-30)20-5-7-21(31)8-6-20)39-15-22(13-19(2)28(39)33-24)37-11-9-36(10-12-37)18-26(41)38-16-23(40)17-38;1-4-20-24(33-15-19(13-16(2)23(33)29-20)32-11-9-28-10-12-32)31(3)25-30-22(21(14-27)34-25)17-5-7-18(26)8-6-17/h5-8,13,15,23,40H,4,9-12,16-18H2,1-3H3;5-8,13,15,28H,4,9-12H2,1-3H3. The lowest BCUT2D eigenvalue weighted by Gasteiger charge is -2.39. The lowest BCUT2D eigenvalue weighted by atomic mass is 10.1. The Balaban J connectivity index is 0.000000177. The molecule has 2 aromatic carbocycles. The molecule has 0 atom stereocenters. The number of thiazole rings is 2. The van der Waals surface area contributed by atoms with Gasteiger partial charge in [-0.25, -0.2) is 28.7 Å². The first kappa shape index (κ1) is 51.9. The maximum absolute atomic E-state index is 13.5. The number of carbonyl (C=O) groups excluding carboxylic acids is 1. The van der Waals surface area contributed by atoms with Crippen LogP contribution in [0, 0.1) is 48.1 Å². The fourth-order valence-corrected chi connectivity index (χ4v) is 11.8. The number of benzene rings is 2. The van der Waals surface area contributed by atoms with E-state index in [2.05, 4.69) is 93.2 Å². The summed E-state index contributed by atoms with van der Waals surface area (Å²) in [6, 6.07) is 21.0.